The van der Waals surface area contributed by atoms with Gasteiger partial charge in [0.05, 0.1) is 31.2 Å². The first-order valence-electron chi connectivity index (χ1n) is 14.2. The molecule has 12 heteroatoms. The number of fused-ring (bicyclic) bond motifs is 1. The van der Waals surface area contributed by atoms with Gasteiger partial charge in [-0.2, -0.15) is 5.10 Å². The van der Waals surface area contributed by atoms with Gasteiger partial charge in [0.15, 0.2) is 11.5 Å². The number of aromatic nitrogens is 2. The van der Waals surface area contributed by atoms with Crippen LogP contribution in [-0.4, -0.2) is 70.5 Å². The molecule has 1 aliphatic rings. The minimum Gasteiger partial charge on any atom is -0.493 e. The van der Waals surface area contributed by atoms with E-state index in [0.717, 1.165) is 0 Å². The number of amides is 1. The summed E-state index contributed by atoms with van der Waals surface area (Å²) < 4.78 is 19.2. The van der Waals surface area contributed by atoms with Crippen molar-refractivity contribution in [3.8, 4) is 23.1 Å². The minimum atomic E-state index is -1.12. The first-order chi connectivity index (χ1) is 21.5. The second-order valence-corrected chi connectivity index (χ2v) is 11.9. The van der Waals surface area contributed by atoms with E-state index in [0.29, 0.717) is 44.7 Å². The van der Waals surface area contributed by atoms with Gasteiger partial charge in [0.25, 0.3) is 5.91 Å². The van der Waals surface area contributed by atoms with Crippen LogP contribution in [0.4, 0.5) is 5.69 Å². The second-order valence-electron chi connectivity index (χ2n) is 11.5. The molecule has 0 saturated carbocycles. The van der Waals surface area contributed by atoms with Crippen LogP contribution in [0.2, 0.25) is 5.02 Å². The quantitative estimate of drug-likeness (QED) is 0.219. The van der Waals surface area contributed by atoms with Gasteiger partial charge < -0.3 is 34.4 Å². The molecule has 5 rings (SSSR count). The van der Waals surface area contributed by atoms with E-state index in [2.05, 4.69) is 5.10 Å². The third-order valence-electron chi connectivity index (χ3n) is 7.61. The molecule has 2 heterocycles. The van der Waals surface area contributed by atoms with Gasteiger partial charge in [-0.15, -0.1) is 0 Å². The number of carboxylic acid groups (broad SMARTS) is 1. The van der Waals surface area contributed by atoms with Crippen molar-refractivity contribution in [3.63, 3.8) is 0 Å². The van der Waals surface area contributed by atoms with Crippen LogP contribution in [-0.2, 0) is 16.0 Å². The highest BCUT2D eigenvalue weighted by atomic mass is 35.5. The fourth-order valence-corrected chi connectivity index (χ4v) is 5.55. The van der Waals surface area contributed by atoms with Crippen molar-refractivity contribution in [2.75, 3.05) is 32.3 Å². The van der Waals surface area contributed by atoms with Crippen molar-refractivity contribution in [2.45, 2.75) is 32.5 Å². The molecule has 3 N–H and O–H groups in total. The van der Waals surface area contributed by atoms with Crippen LogP contribution < -0.4 is 14.4 Å². The Bertz CT molecular complexity index is 1740. The van der Waals surface area contributed by atoms with E-state index in [1.54, 1.807) is 47.4 Å². The molecule has 236 valence electrons. The van der Waals surface area contributed by atoms with Gasteiger partial charge in [-0.05, 0) is 42.5 Å². The van der Waals surface area contributed by atoms with E-state index in [4.69, 9.17) is 25.8 Å². The summed E-state index contributed by atoms with van der Waals surface area (Å²) in [6.07, 6.45) is -2.00. The molecule has 0 unspecified atom stereocenters. The van der Waals surface area contributed by atoms with Gasteiger partial charge in [0, 0.05) is 52.9 Å². The van der Waals surface area contributed by atoms with Crippen LogP contribution in [0.5, 0.6) is 17.4 Å². The number of carbonyl (C=O) groups is 2. The molecule has 0 saturated heterocycles. The number of rotatable bonds is 10. The molecule has 11 nitrogen and oxygen atoms in total. The van der Waals surface area contributed by atoms with Crippen LogP contribution in [0.25, 0.3) is 5.69 Å². The molecule has 0 radical (unpaired) electrons. The lowest BCUT2D eigenvalue weighted by Gasteiger charge is -2.32. The number of ether oxygens (including phenoxy) is 3. The number of hydrogen-bond acceptors (Lipinski definition) is 8. The minimum absolute atomic E-state index is 0.0277. The molecular formula is C33H34ClN3O8. The second kappa shape index (κ2) is 12.8. The number of carboxylic acids is 1. The van der Waals surface area contributed by atoms with Gasteiger partial charge in [0.1, 0.15) is 12.2 Å². The molecule has 0 spiro atoms. The number of hydrogen-bond donors (Lipinski definition) is 3. The number of aliphatic hydroxyl groups excluding tert-OH is 1. The van der Waals surface area contributed by atoms with Crippen molar-refractivity contribution < 1.29 is 39.1 Å². The van der Waals surface area contributed by atoms with E-state index >= 15 is 0 Å². The molecule has 0 aliphatic carbocycles. The molecule has 0 bridgehead atoms. The largest absolute Gasteiger partial charge is 0.493 e. The monoisotopic (exact) mass is 635 g/mol. The molecule has 2 atom stereocenters. The summed E-state index contributed by atoms with van der Waals surface area (Å²) in [6, 6.07) is 17.9. The van der Waals surface area contributed by atoms with Crippen molar-refractivity contribution >= 4 is 29.2 Å². The Labute approximate surface area is 265 Å². The Balaban J connectivity index is 1.63. The number of aromatic carboxylic acids is 1. The van der Waals surface area contributed by atoms with Gasteiger partial charge >= 0.3 is 5.97 Å². The van der Waals surface area contributed by atoms with Gasteiger partial charge in [-0.1, -0.05) is 43.6 Å². The summed E-state index contributed by atoms with van der Waals surface area (Å²) in [5.74, 6) is -0.851. The summed E-state index contributed by atoms with van der Waals surface area (Å²) in [6.45, 7) is 3.70. The van der Waals surface area contributed by atoms with Crippen molar-refractivity contribution in [2.24, 2.45) is 5.41 Å². The smallest absolute Gasteiger partial charge is 0.335 e. The predicted molar refractivity (Wildman–Crippen MR) is 167 cm³/mol. The molecule has 1 aromatic heterocycles. The topological polar surface area (TPSA) is 144 Å². The Morgan fingerprint density at radius 3 is 2.49 bits per heavy atom. The average molecular weight is 636 g/mol. The zero-order valence-corrected chi connectivity index (χ0v) is 26.0. The molecule has 1 aliphatic heterocycles. The lowest BCUT2D eigenvalue weighted by molar-refractivity contribution is -0.132. The van der Waals surface area contributed by atoms with Crippen molar-refractivity contribution in [1.29, 1.82) is 0 Å². The summed E-state index contributed by atoms with van der Waals surface area (Å²) in [4.78, 5) is 27.5. The van der Waals surface area contributed by atoms with E-state index in [9.17, 15) is 24.9 Å². The summed E-state index contributed by atoms with van der Waals surface area (Å²) >= 11 is 6.50. The molecular weight excluding hydrogens is 602 g/mol. The summed E-state index contributed by atoms with van der Waals surface area (Å²) in [7, 11) is 3.05. The third kappa shape index (κ3) is 6.46. The van der Waals surface area contributed by atoms with Crippen molar-refractivity contribution in [3.05, 3.63) is 94.1 Å². The number of carbonyl (C=O) groups excluding carboxylic acids is 1. The zero-order valence-electron chi connectivity index (χ0n) is 25.2. The van der Waals surface area contributed by atoms with E-state index in [1.165, 1.54) is 37.1 Å². The lowest BCUT2D eigenvalue weighted by atomic mass is 9.92. The van der Waals surface area contributed by atoms with Gasteiger partial charge in [0.2, 0.25) is 5.88 Å². The molecule has 0 fully saturated rings. The third-order valence-corrected chi connectivity index (χ3v) is 7.84. The maximum atomic E-state index is 14.4. The highest BCUT2D eigenvalue weighted by Gasteiger charge is 2.40. The first kappa shape index (κ1) is 31.8. The zero-order chi connectivity index (χ0) is 32.5. The number of nitrogens with zero attached hydrogens (tertiary/aromatic N) is 3. The van der Waals surface area contributed by atoms with Crippen molar-refractivity contribution in [1.82, 2.24) is 9.78 Å². The van der Waals surface area contributed by atoms with Crippen LogP contribution in [0.1, 0.15) is 47.1 Å². The van der Waals surface area contributed by atoms with Crippen LogP contribution in [0, 0.1) is 5.41 Å². The SMILES string of the molecule is COc1cccc([C@H]2O[C@H](Cc3cc(O)n(-c4cccc(C(=O)O)c4)n3)C(=O)N(CC(C)(C)CO)c3ccc(Cl)cc32)c1OC. The number of anilines is 1. The van der Waals surface area contributed by atoms with Crippen LogP contribution in [0.15, 0.2) is 66.7 Å². The summed E-state index contributed by atoms with van der Waals surface area (Å²) in [5, 5.41) is 35.2. The Kier molecular flexibility index (Phi) is 9.06. The number of benzene rings is 3. The fourth-order valence-electron chi connectivity index (χ4n) is 5.37. The maximum Gasteiger partial charge on any atom is 0.335 e. The number of aliphatic hydroxyl groups is 1. The normalized spacial score (nSPS) is 16.7. The van der Waals surface area contributed by atoms with E-state index in [-0.39, 0.29) is 36.9 Å². The molecule has 4 aromatic rings. The Hall–Kier alpha value is -4.58. The fraction of sp³-hybridized carbons (Fsp3) is 0.303. The van der Waals surface area contributed by atoms with Gasteiger partial charge in [-0.3, -0.25) is 4.79 Å². The summed E-state index contributed by atoms with van der Waals surface area (Å²) in [5.41, 5.74) is 1.78. The van der Waals surface area contributed by atoms with Crippen LogP contribution >= 0.6 is 11.6 Å². The predicted octanol–water partition coefficient (Wildman–Crippen LogP) is 5.03. The highest BCUT2D eigenvalue weighted by molar-refractivity contribution is 6.30. The Morgan fingerprint density at radius 1 is 1.04 bits per heavy atom. The lowest BCUT2D eigenvalue weighted by Crippen LogP contribution is -2.46. The standard InChI is InChI=1S/C33H34ClN3O8/c1-33(2,18-38)17-36-25-12-11-20(34)14-24(25)29(23-9-6-10-26(43-3)30(23)44-4)45-27(31(36)40)15-21-16-28(39)37(35-21)22-8-5-7-19(13-22)32(41)42/h5-14,16,27,29,38-39H,15,17-18H2,1-4H3,(H,41,42)/t27-,29-/m1/s1. The Morgan fingerprint density at radius 2 is 1.80 bits per heavy atom. The first-order valence-corrected chi connectivity index (χ1v) is 14.5. The van der Waals surface area contributed by atoms with E-state index in [1.807, 2.05) is 19.9 Å². The molecule has 45 heavy (non-hydrogen) atoms. The van der Waals surface area contributed by atoms with E-state index < -0.39 is 23.6 Å². The van der Waals surface area contributed by atoms with Crippen LogP contribution in [0.3, 0.4) is 0 Å². The molecule has 3 aromatic carbocycles. The molecule has 1 amide bonds. The highest BCUT2D eigenvalue weighted by Crippen LogP contribution is 2.45. The number of halogens is 1. The average Bonchev–Trinajstić information content (AvgIpc) is 3.36. The number of para-hydroxylation sites is 1. The number of methoxy groups -OCH3 is 2. The number of aromatic hydroxyl groups is 1. The van der Waals surface area contributed by atoms with Gasteiger partial charge in [-0.25, -0.2) is 9.48 Å². The maximum absolute atomic E-state index is 14.4.